The van der Waals surface area contributed by atoms with Crippen LogP contribution in [0.3, 0.4) is 0 Å². The van der Waals surface area contributed by atoms with Crippen LogP contribution in [0.15, 0.2) is 24.3 Å². The van der Waals surface area contributed by atoms with Gasteiger partial charge in [0.1, 0.15) is 0 Å². The summed E-state index contributed by atoms with van der Waals surface area (Å²) in [4.78, 5) is 14.7. The molecule has 2 rings (SSSR count). The van der Waals surface area contributed by atoms with E-state index in [-0.39, 0.29) is 11.9 Å². The third-order valence-corrected chi connectivity index (χ3v) is 3.88. The third-order valence-electron chi connectivity index (χ3n) is 3.88. The molecule has 3 nitrogen and oxygen atoms in total. The zero-order valence-corrected chi connectivity index (χ0v) is 12.3. The number of amides is 1. The fraction of sp³-hybridized carbons (Fsp3) is 0.562. The molecule has 1 aromatic rings. The molecule has 0 aliphatic carbocycles. The van der Waals surface area contributed by atoms with Crippen molar-refractivity contribution in [2.24, 2.45) is 5.92 Å². The molecule has 1 saturated heterocycles. The van der Waals surface area contributed by atoms with Crippen LogP contribution in [0.5, 0.6) is 0 Å². The van der Waals surface area contributed by atoms with Gasteiger partial charge in [-0.2, -0.15) is 0 Å². The van der Waals surface area contributed by atoms with Gasteiger partial charge in [0, 0.05) is 30.7 Å². The standard InChI is InChI=1S/C16H24N2O/c1-11(2)15-9-17-13(4)10-18(15)16(19)14-7-5-12(3)6-8-14/h5-8,11,13,15,17H,9-10H2,1-4H3. The molecule has 1 fully saturated rings. The Labute approximate surface area is 116 Å². The topological polar surface area (TPSA) is 32.3 Å². The van der Waals surface area contributed by atoms with Crippen LogP contribution in [-0.4, -0.2) is 36.0 Å². The highest BCUT2D eigenvalue weighted by Crippen LogP contribution is 2.18. The highest BCUT2D eigenvalue weighted by atomic mass is 16.2. The Bertz CT molecular complexity index is 439. The zero-order valence-electron chi connectivity index (χ0n) is 12.3. The number of hydrogen-bond donors (Lipinski definition) is 1. The van der Waals surface area contributed by atoms with Crippen LogP contribution in [0.2, 0.25) is 0 Å². The maximum absolute atomic E-state index is 12.7. The molecular formula is C16H24N2O. The van der Waals surface area contributed by atoms with E-state index < -0.39 is 0 Å². The lowest BCUT2D eigenvalue weighted by Gasteiger charge is -2.41. The van der Waals surface area contributed by atoms with E-state index in [9.17, 15) is 4.79 Å². The molecule has 0 bridgehead atoms. The Morgan fingerprint density at radius 3 is 2.53 bits per heavy atom. The molecule has 2 unspecified atom stereocenters. The van der Waals surface area contributed by atoms with Gasteiger partial charge in [0.2, 0.25) is 0 Å². The number of rotatable bonds is 2. The van der Waals surface area contributed by atoms with Gasteiger partial charge in [-0.1, -0.05) is 31.5 Å². The number of aryl methyl sites for hydroxylation is 1. The smallest absolute Gasteiger partial charge is 0.254 e. The summed E-state index contributed by atoms with van der Waals surface area (Å²) < 4.78 is 0. The van der Waals surface area contributed by atoms with Crippen LogP contribution < -0.4 is 5.32 Å². The van der Waals surface area contributed by atoms with Crippen molar-refractivity contribution in [2.75, 3.05) is 13.1 Å². The van der Waals surface area contributed by atoms with Gasteiger partial charge in [0.05, 0.1) is 0 Å². The Kier molecular flexibility index (Phi) is 4.25. The van der Waals surface area contributed by atoms with Gasteiger partial charge >= 0.3 is 0 Å². The Hall–Kier alpha value is -1.35. The molecule has 1 N–H and O–H groups in total. The fourth-order valence-corrected chi connectivity index (χ4v) is 2.62. The average Bonchev–Trinajstić information content (AvgIpc) is 2.38. The van der Waals surface area contributed by atoms with Gasteiger partial charge in [-0.05, 0) is 31.9 Å². The lowest BCUT2D eigenvalue weighted by molar-refractivity contribution is 0.0522. The molecule has 104 valence electrons. The van der Waals surface area contributed by atoms with E-state index in [1.54, 1.807) is 0 Å². The van der Waals surface area contributed by atoms with E-state index in [2.05, 4.69) is 26.1 Å². The molecule has 19 heavy (non-hydrogen) atoms. The number of benzene rings is 1. The van der Waals surface area contributed by atoms with Crippen LogP contribution in [-0.2, 0) is 0 Å². The molecule has 1 aliphatic heterocycles. The molecule has 2 atom stereocenters. The minimum atomic E-state index is 0.159. The fourth-order valence-electron chi connectivity index (χ4n) is 2.62. The van der Waals surface area contributed by atoms with E-state index in [1.165, 1.54) is 5.56 Å². The van der Waals surface area contributed by atoms with Crippen molar-refractivity contribution in [3.63, 3.8) is 0 Å². The molecule has 0 saturated carbocycles. The van der Waals surface area contributed by atoms with Crippen LogP contribution in [0.4, 0.5) is 0 Å². The minimum absolute atomic E-state index is 0.159. The SMILES string of the molecule is Cc1ccc(C(=O)N2CC(C)NCC2C(C)C)cc1. The summed E-state index contributed by atoms with van der Waals surface area (Å²) in [5.41, 5.74) is 1.98. The van der Waals surface area contributed by atoms with Gasteiger partial charge in [0.15, 0.2) is 0 Å². The lowest BCUT2D eigenvalue weighted by Crippen LogP contribution is -2.59. The van der Waals surface area contributed by atoms with Gasteiger partial charge < -0.3 is 10.2 Å². The second-order valence-electron chi connectivity index (χ2n) is 5.94. The van der Waals surface area contributed by atoms with E-state index >= 15 is 0 Å². The molecule has 1 amide bonds. The van der Waals surface area contributed by atoms with Crippen molar-refractivity contribution in [1.29, 1.82) is 0 Å². The summed E-state index contributed by atoms with van der Waals surface area (Å²) in [5.74, 6) is 0.626. The van der Waals surface area contributed by atoms with Gasteiger partial charge in [-0.3, -0.25) is 4.79 Å². The highest BCUT2D eigenvalue weighted by molar-refractivity contribution is 5.94. The average molecular weight is 260 g/mol. The van der Waals surface area contributed by atoms with Crippen LogP contribution in [0, 0.1) is 12.8 Å². The summed E-state index contributed by atoms with van der Waals surface area (Å²) in [7, 11) is 0. The minimum Gasteiger partial charge on any atom is -0.333 e. The van der Waals surface area contributed by atoms with Gasteiger partial charge in [-0.15, -0.1) is 0 Å². The highest BCUT2D eigenvalue weighted by Gasteiger charge is 2.31. The Balaban J connectivity index is 2.21. The lowest BCUT2D eigenvalue weighted by atomic mass is 9.97. The number of nitrogens with one attached hydrogen (secondary N) is 1. The number of carbonyl (C=O) groups is 1. The maximum atomic E-state index is 12.7. The van der Waals surface area contributed by atoms with E-state index in [1.807, 2.05) is 36.1 Å². The molecule has 0 aromatic heterocycles. The predicted molar refractivity (Wildman–Crippen MR) is 78.3 cm³/mol. The van der Waals surface area contributed by atoms with Crippen molar-refractivity contribution in [2.45, 2.75) is 39.8 Å². The summed E-state index contributed by atoms with van der Waals surface area (Å²) >= 11 is 0. The van der Waals surface area contributed by atoms with Crippen LogP contribution in [0.25, 0.3) is 0 Å². The molecule has 1 aromatic carbocycles. The molecule has 0 radical (unpaired) electrons. The summed E-state index contributed by atoms with van der Waals surface area (Å²) in [6.45, 7) is 10.2. The third kappa shape index (κ3) is 3.16. The molecule has 3 heteroatoms. The van der Waals surface area contributed by atoms with E-state index in [4.69, 9.17) is 0 Å². The molecular weight excluding hydrogens is 236 g/mol. The molecule has 1 heterocycles. The number of carbonyl (C=O) groups excluding carboxylic acids is 1. The monoisotopic (exact) mass is 260 g/mol. The summed E-state index contributed by atoms with van der Waals surface area (Å²) in [5, 5.41) is 3.46. The van der Waals surface area contributed by atoms with Crippen LogP contribution >= 0.6 is 0 Å². The largest absolute Gasteiger partial charge is 0.333 e. The van der Waals surface area contributed by atoms with E-state index in [0.717, 1.165) is 18.7 Å². The van der Waals surface area contributed by atoms with Crippen molar-refractivity contribution < 1.29 is 4.79 Å². The van der Waals surface area contributed by atoms with Crippen molar-refractivity contribution >= 4 is 5.91 Å². The first-order valence-electron chi connectivity index (χ1n) is 7.10. The summed E-state index contributed by atoms with van der Waals surface area (Å²) in [6.07, 6.45) is 0. The Morgan fingerprint density at radius 2 is 1.95 bits per heavy atom. The first-order valence-corrected chi connectivity index (χ1v) is 7.10. The quantitative estimate of drug-likeness (QED) is 0.886. The van der Waals surface area contributed by atoms with Crippen molar-refractivity contribution in [1.82, 2.24) is 10.2 Å². The second kappa shape index (κ2) is 5.74. The number of piperazine rings is 1. The number of hydrogen-bond acceptors (Lipinski definition) is 2. The number of nitrogens with zero attached hydrogens (tertiary/aromatic N) is 1. The maximum Gasteiger partial charge on any atom is 0.254 e. The second-order valence-corrected chi connectivity index (χ2v) is 5.94. The van der Waals surface area contributed by atoms with Crippen LogP contribution in [0.1, 0.15) is 36.7 Å². The molecule has 1 aliphatic rings. The zero-order chi connectivity index (χ0) is 14.0. The normalized spacial score (nSPS) is 23.7. The molecule has 0 spiro atoms. The summed E-state index contributed by atoms with van der Waals surface area (Å²) in [6, 6.07) is 8.52. The Morgan fingerprint density at radius 1 is 1.32 bits per heavy atom. The van der Waals surface area contributed by atoms with Gasteiger partial charge in [0.25, 0.3) is 5.91 Å². The van der Waals surface area contributed by atoms with Crippen molar-refractivity contribution in [3.8, 4) is 0 Å². The predicted octanol–water partition coefficient (Wildman–Crippen LogP) is 2.45. The first-order chi connectivity index (χ1) is 8.99. The van der Waals surface area contributed by atoms with Crippen molar-refractivity contribution in [3.05, 3.63) is 35.4 Å². The van der Waals surface area contributed by atoms with E-state index in [0.29, 0.717) is 12.0 Å². The van der Waals surface area contributed by atoms with Gasteiger partial charge in [-0.25, -0.2) is 0 Å². The first kappa shape index (κ1) is 14.1.